The summed E-state index contributed by atoms with van der Waals surface area (Å²) >= 11 is 0. The summed E-state index contributed by atoms with van der Waals surface area (Å²) in [5.41, 5.74) is 0. The molecule has 38 heteroatoms. The molecule has 488 valence electrons. The lowest BCUT2D eigenvalue weighted by atomic mass is 9.94. The van der Waals surface area contributed by atoms with Gasteiger partial charge >= 0.3 is 0 Å². The summed E-state index contributed by atoms with van der Waals surface area (Å²) in [6.07, 6.45) is -66.3. The van der Waals surface area contributed by atoms with E-state index in [1.165, 1.54) is 0 Å². The van der Waals surface area contributed by atoms with Crippen molar-refractivity contribution in [3.63, 3.8) is 0 Å². The van der Waals surface area contributed by atoms with Crippen LogP contribution in [-0.4, -0.2) is 380 Å². The Morgan fingerprint density at radius 1 is 0.286 bits per heavy atom. The van der Waals surface area contributed by atoms with Crippen LogP contribution in [0, 0.1) is 0 Å². The molecule has 7 heterocycles. The first kappa shape index (κ1) is 69.1. The Balaban J connectivity index is 1.13. The van der Waals surface area contributed by atoms with E-state index in [0.29, 0.717) is 0 Å². The highest BCUT2D eigenvalue weighted by molar-refractivity contribution is 5.73. The Morgan fingerprint density at radius 3 is 0.988 bits per heavy atom. The molecule has 0 aromatic rings. The number of aliphatic hydroxyl groups is 21. The standard InChI is InChI=1S/C46H78N2O36/c1-10(56)47-19-26(63)34(17(8-54)72-40(19)71)79-41-20(48-11(2)57)27(64)35(18(9-55)78-41)80-43-33(70)37(25(62)16(7-53)74-43)82-45-39(30(67)23(60)13(4-50)76-45)84-46-38(29(66)22(59)14(5-51)77-46)83-44-32(69)36(24(61)15(6-52)75-44)81-42-31(68)28(65)21(58)12(3-49)73-42/h12-46,49-55,58-71H,3-9H2,1-2H3,(H,47,56)(H,48,57)/t12-,13-,14-,15-,16-,17-,18-,19-,20-,21-,22-,23-,24-,25-,26-,27-,28+,29+,30+,31-,32+,33+,34-,35-,36+,37+,38+,39+,40?,41+,42-,43+,44-,45-,46-/m1/s1. The van der Waals surface area contributed by atoms with Crippen LogP contribution in [-0.2, 0) is 71.2 Å². The van der Waals surface area contributed by atoms with Gasteiger partial charge in [-0.15, -0.1) is 0 Å². The highest BCUT2D eigenvalue weighted by atomic mass is 16.8. The van der Waals surface area contributed by atoms with Crippen LogP contribution in [0.4, 0.5) is 0 Å². The van der Waals surface area contributed by atoms with E-state index < -0.39 is 273 Å². The zero-order chi connectivity index (χ0) is 61.9. The van der Waals surface area contributed by atoms with Gasteiger partial charge in [-0.05, 0) is 0 Å². The minimum Gasteiger partial charge on any atom is -0.394 e. The molecule has 0 aromatic carbocycles. The normalized spacial score (nSPS) is 50.3. The molecular weight excluding hydrogens is 1160 g/mol. The summed E-state index contributed by atoms with van der Waals surface area (Å²) in [4.78, 5) is 24.5. The van der Waals surface area contributed by atoms with Crippen LogP contribution in [0.3, 0.4) is 0 Å². The number of hydrogen-bond donors (Lipinski definition) is 23. The molecule has 38 nitrogen and oxygen atoms in total. The van der Waals surface area contributed by atoms with E-state index >= 15 is 0 Å². The fourth-order valence-corrected chi connectivity index (χ4v) is 10.8. The smallest absolute Gasteiger partial charge is 0.217 e. The van der Waals surface area contributed by atoms with Crippen LogP contribution in [0.2, 0.25) is 0 Å². The summed E-state index contributed by atoms with van der Waals surface area (Å²) in [6.45, 7) is -5.13. The zero-order valence-corrected chi connectivity index (χ0v) is 44.7. The predicted octanol–water partition coefficient (Wildman–Crippen LogP) is -16.0. The average Bonchev–Trinajstić information content (AvgIpc) is 2.82. The first-order valence-electron chi connectivity index (χ1n) is 26.6. The summed E-state index contributed by atoms with van der Waals surface area (Å²) in [5.74, 6) is -1.57. The number of nitrogens with one attached hydrogen (secondary N) is 2. The molecule has 0 bridgehead atoms. The second-order valence-electron chi connectivity index (χ2n) is 21.0. The molecule has 7 aliphatic heterocycles. The monoisotopic (exact) mass is 1230 g/mol. The third-order valence-corrected chi connectivity index (χ3v) is 15.4. The van der Waals surface area contributed by atoms with Gasteiger partial charge in [0.1, 0.15) is 171 Å². The summed E-state index contributed by atoms with van der Waals surface area (Å²) in [6, 6.07) is -3.30. The van der Waals surface area contributed by atoms with Gasteiger partial charge < -0.3 is 179 Å². The largest absolute Gasteiger partial charge is 0.394 e. The van der Waals surface area contributed by atoms with E-state index in [9.17, 15) is 117 Å². The highest BCUT2D eigenvalue weighted by Crippen LogP contribution is 2.38. The molecule has 2 amide bonds. The van der Waals surface area contributed by atoms with Crippen molar-refractivity contribution >= 4 is 11.8 Å². The van der Waals surface area contributed by atoms with Crippen LogP contribution in [0.15, 0.2) is 0 Å². The van der Waals surface area contributed by atoms with E-state index in [1.54, 1.807) is 0 Å². The van der Waals surface area contributed by atoms with Crippen molar-refractivity contribution in [2.45, 2.75) is 229 Å². The van der Waals surface area contributed by atoms with E-state index in [0.717, 1.165) is 13.8 Å². The first-order valence-corrected chi connectivity index (χ1v) is 26.6. The lowest BCUT2D eigenvalue weighted by molar-refractivity contribution is -0.410. The molecule has 7 saturated heterocycles. The Labute approximate surface area is 475 Å². The number of aliphatic hydroxyl groups excluding tert-OH is 21. The molecular formula is C46H78N2O36. The molecule has 0 spiro atoms. The predicted molar refractivity (Wildman–Crippen MR) is 255 cm³/mol. The molecule has 7 fully saturated rings. The maximum atomic E-state index is 12.6. The summed E-state index contributed by atoms with van der Waals surface area (Å²) < 4.78 is 74.7. The van der Waals surface area contributed by atoms with Crippen LogP contribution in [0.1, 0.15) is 13.8 Å². The lowest BCUT2D eigenvalue weighted by Gasteiger charge is -2.51. The molecule has 0 aliphatic carbocycles. The van der Waals surface area contributed by atoms with Gasteiger partial charge in [0.05, 0.1) is 46.2 Å². The fraction of sp³-hybridized carbons (Fsp3) is 0.957. The van der Waals surface area contributed by atoms with Crippen LogP contribution in [0.5, 0.6) is 0 Å². The molecule has 0 radical (unpaired) electrons. The minimum absolute atomic E-state index is 0.726. The van der Waals surface area contributed by atoms with Gasteiger partial charge in [0, 0.05) is 13.8 Å². The zero-order valence-electron chi connectivity index (χ0n) is 44.7. The van der Waals surface area contributed by atoms with E-state index in [1.807, 2.05) is 0 Å². The van der Waals surface area contributed by atoms with Gasteiger partial charge in [0.15, 0.2) is 44.0 Å². The third-order valence-electron chi connectivity index (χ3n) is 15.4. The molecule has 0 saturated carbocycles. The van der Waals surface area contributed by atoms with Crippen LogP contribution < -0.4 is 10.6 Å². The molecule has 23 N–H and O–H groups in total. The Morgan fingerprint density at radius 2 is 0.571 bits per heavy atom. The fourth-order valence-electron chi connectivity index (χ4n) is 10.8. The lowest BCUT2D eigenvalue weighted by Crippen LogP contribution is -2.70. The van der Waals surface area contributed by atoms with Crippen molar-refractivity contribution in [1.29, 1.82) is 0 Å². The number of amides is 2. The third kappa shape index (κ3) is 14.6. The van der Waals surface area contributed by atoms with Crippen LogP contribution >= 0.6 is 0 Å². The van der Waals surface area contributed by atoms with Gasteiger partial charge in [-0.3, -0.25) is 9.59 Å². The SMILES string of the molecule is CC(=O)N[C@H]1[C@H](O[C@H]2[C@H](O)[C@@H](NC(C)=O)C(O)O[C@@H]2CO)O[C@H](CO)[C@@H](O[C@@H]2O[C@H](CO)[C@@H](O)[C@H](O[C@H]3O[C@H](CO)[C@@H](O)[C@H](O)[C@@H]3O[C@H]3O[C@H](CO)[C@@H](O)[C@H](O)[C@@H]3O[C@H]3O[C@H](CO)[C@@H](O)[C@H](O[C@H]4O[C@H](CO)[C@@H](O)[C@H](O)[C@H]4O)[C@@H]3O)[C@@H]2O)[C@@H]1O. The second kappa shape index (κ2) is 29.9. The number of rotatable bonds is 21. The summed E-state index contributed by atoms with van der Waals surface area (Å²) in [7, 11) is 0. The van der Waals surface area contributed by atoms with Crippen molar-refractivity contribution in [1.82, 2.24) is 10.6 Å². The van der Waals surface area contributed by atoms with E-state index in [2.05, 4.69) is 10.6 Å². The Bertz CT molecular complexity index is 2060. The minimum atomic E-state index is -2.34. The molecule has 7 aliphatic rings. The highest BCUT2D eigenvalue weighted by Gasteiger charge is 2.59. The number of ether oxygens (including phenoxy) is 13. The molecule has 0 aromatic heterocycles. The molecule has 35 atom stereocenters. The van der Waals surface area contributed by atoms with Crippen LogP contribution in [0.25, 0.3) is 0 Å². The Kier molecular flexibility index (Phi) is 24.6. The molecule has 1 unspecified atom stereocenters. The molecule has 7 rings (SSSR count). The quantitative estimate of drug-likeness (QED) is 0.0507. The maximum absolute atomic E-state index is 12.6. The second-order valence-corrected chi connectivity index (χ2v) is 21.0. The summed E-state index contributed by atoms with van der Waals surface area (Å²) in [5, 5.41) is 232. The van der Waals surface area contributed by atoms with Gasteiger partial charge in [-0.25, -0.2) is 0 Å². The van der Waals surface area contributed by atoms with Gasteiger partial charge in [-0.2, -0.15) is 0 Å². The van der Waals surface area contributed by atoms with Crippen molar-refractivity contribution in [2.75, 3.05) is 46.2 Å². The van der Waals surface area contributed by atoms with Gasteiger partial charge in [0.2, 0.25) is 11.8 Å². The average molecular weight is 1240 g/mol. The Hall–Kier alpha value is -2.42. The van der Waals surface area contributed by atoms with Crippen molar-refractivity contribution in [3.05, 3.63) is 0 Å². The van der Waals surface area contributed by atoms with Gasteiger partial charge in [-0.1, -0.05) is 0 Å². The number of hydrogen-bond acceptors (Lipinski definition) is 36. The van der Waals surface area contributed by atoms with E-state index in [4.69, 9.17) is 61.6 Å². The van der Waals surface area contributed by atoms with E-state index in [-0.39, 0.29) is 0 Å². The topological polar surface area (TPSA) is 603 Å². The van der Waals surface area contributed by atoms with Crippen molar-refractivity contribution < 1.29 is 178 Å². The first-order chi connectivity index (χ1) is 39.8. The maximum Gasteiger partial charge on any atom is 0.217 e. The number of carbonyl (C=O) groups is 2. The number of carbonyl (C=O) groups excluding carboxylic acids is 2. The molecule has 84 heavy (non-hydrogen) atoms. The van der Waals surface area contributed by atoms with Crippen molar-refractivity contribution in [3.8, 4) is 0 Å². The van der Waals surface area contributed by atoms with Gasteiger partial charge in [0.25, 0.3) is 0 Å². The van der Waals surface area contributed by atoms with Crippen molar-refractivity contribution in [2.24, 2.45) is 0 Å².